The summed E-state index contributed by atoms with van der Waals surface area (Å²) in [6, 6.07) is 9.76. The van der Waals surface area contributed by atoms with Crippen LogP contribution in [0.4, 0.5) is 0 Å². The number of rotatable bonds is 7. The summed E-state index contributed by atoms with van der Waals surface area (Å²) >= 11 is 0. The van der Waals surface area contributed by atoms with Crippen molar-refractivity contribution >= 4 is 12.0 Å². The zero-order chi connectivity index (χ0) is 20.0. The minimum absolute atomic E-state index is 0.184. The van der Waals surface area contributed by atoms with Crippen LogP contribution >= 0.6 is 0 Å². The standard InChI is InChI=1S/C20H26N4O3/c1-21(2)12-13-24(14-16-8-6-5-7-9-16)18(25)11-10-17-15-22(3)20(27)23(4)19(17)26/h5-11,15H,12-14H2,1-4H3/b11-10+. The van der Waals surface area contributed by atoms with Gasteiger partial charge in [-0.15, -0.1) is 0 Å². The predicted molar refractivity (Wildman–Crippen MR) is 106 cm³/mol. The third-order valence-corrected chi connectivity index (χ3v) is 4.22. The minimum Gasteiger partial charge on any atom is -0.334 e. The zero-order valence-corrected chi connectivity index (χ0v) is 16.3. The Balaban J connectivity index is 2.23. The second-order valence-electron chi connectivity index (χ2n) is 6.72. The van der Waals surface area contributed by atoms with Gasteiger partial charge in [-0.05, 0) is 25.7 Å². The lowest BCUT2D eigenvalue weighted by Gasteiger charge is -2.23. The van der Waals surface area contributed by atoms with E-state index in [-0.39, 0.29) is 5.91 Å². The van der Waals surface area contributed by atoms with Crippen LogP contribution in [0.15, 0.2) is 52.2 Å². The summed E-state index contributed by atoms with van der Waals surface area (Å²) < 4.78 is 2.34. The van der Waals surface area contributed by atoms with E-state index in [0.29, 0.717) is 18.7 Å². The fourth-order valence-corrected chi connectivity index (χ4v) is 2.61. The van der Waals surface area contributed by atoms with Crippen LogP contribution in [0.5, 0.6) is 0 Å². The van der Waals surface area contributed by atoms with Crippen molar-refractivity contribution in [2.75, 3.05) is 27.2 Å². The molecule has 0 fully saturated rings. The average Bonchev–Trinajstić information content (AvgIpc) is 2.65. The lowest BCUT2D eigenvalue weighted by atomic mass is 10.2. The molecular weight excluding hydrogens is 344 g/mol. The van der Waals surface area contributed by atoms with Crippen molar-refractivity contribution in [1.82, 2.24) is 18.9 Å². The summed E-state index contributed by atoms with van der Waals surface area (Å²) in [4.78, 5) is 40.4. The van der Waals surface area contributed by atoms with Crippen LogP contribution in [-0.2, 0) is 25.4 Å². The Bertz CT molecular complexity index is 926. The van der Waals surface area contributed by atoms with Gasteiger partial charge in [0.05, 0.1) is 5.56 Å². The van der Waals surface area contributed by atoms with E-state index in [1.54, 1.807) is 11.9 Å². The maximum atomic E-state index is 12.7. The fraction of sp³-hybridized carbons (Fsp3) is 0.350. The topological polar surface area (TPSA) is 67.5 Å². The molecule has 0 saturated heterocycles. The highest BCUT2D eigenvalue weighted by Crippen LogP contribution is 2.06. The van der Waals surface area contributed by atoms with Crippen LogP contribution in [0, 0.1) is 0 Å². The van der Waals surface area contributed by atoms with Gasteiger partial charge in [0.25, 0.3) is 5.56 Å². The van der Waals surface area contributed by atoms with Gasteiger partial charge in [0.1, 0.15) is 0 Å². The molecule has 144 valence electrons. The molecule has 0 bridgehead atoms. The second kappa shape index (κ2) is 9.14. The highest BCUT2D eigenvalue weighted by Gasteiger charge is 2.12. The van der Waals surface area contributed by atoms with Crippen LogP contribution < -0.4 is 11.2 Å². The highest BCUT2D eigenvalue weighted by atomic mass is 16.2. The van der Waals surface area contributed by atoms with Crippen molar-refractivity contribution in [1.29, 1.82) is 0 Å². The van der Waals surface area contributed by atoms with Crippen molar-refractivity contribution < 1.29 is 4.79 Å². The first kappa shape index (κ1) is 20.4. The van der Waals surface area contributed by atoms with Gasteiger partial charge >= 0.3 is 5.69 Å². The highest BCUT2D eigenvalue weighted by molar-refractivity contribution is 5.91. The van der Waals surface area contributed by atoms with Gasteiger partial charge in [0, 0.05) is 46.0 Å². The number of carbonyl (C=O) groups excluding carboxylic acids is 1. The molecule has 0 aliphatic rings. The first-order valence-electron chi connectivity index (χ1n) is 8.72. The average molecular weight is 370 g/mol. The Morgan fingerprint density at radius 2 is 1.74 bits per heavy atom. The Labute approximate surface area is 158 Å². The van der Waals surface area contributed by atoms with E-state index in [4.69, 9.17) is 0 Å². The molecule has 1 heterocycles. The lowest BCUT2D eigenvalue weighted by molar-refractivity contribution is -0.126. The van der Waals surface area contributed by atoms with Gasteiger partial charge in [-0.3, -0.25) is 14.2 Å². The van der Waals surface area contributed by atoms with Gasteiger partial charge in [-0.25, -0.2) is 4.79 Å². The summed E-state index contributed by atoms with van der Waals surface area (Å²) in [6.45, 7) is 1.79. The molecular formula is C20H26N4O3. The number of amides is 1. The van der Waals surface area contributed by atoms with E-state index < -0.39 is 11.2 Å². The number of benzene rings is 1. The quantitative estimate of drug-likeness (QED) is 0.673. The van der Waals surface area contributed by atoms with Gasteiger partial charge in [0.2, 0.25) is 5.91 Å². The number of aryl methyl sites for hydroxylation is 1. The molecule has 7 heteroatoms. The normalized spacial score (nSPS) is 11.3. The maximum Gasteiger partial charge on any atom is 0.330 e. The maximum absolute atomic E-state index is 12.7. The number of aromatic nitrogens is 2. The van der Waals surface area contributed by atoms with E-state index in [1.807, 2.05) is 49.3 Å². The summed E-state index contributed by atoms with van der Waals surface area (Å²) in [7, 11) is 6.90. The van der Waals surface area contributed by atoms with Gasteiger partial charge in [-0.1, -0.05) is 30.3 Å². The van der Waals surface area contributed by atoms with E-state index in [1.165, 1.54) is 30.0 Å². The molecule has 2 aromatic rings. The molecule has 27 heavy (non-hydrogen) atoms. The first-order chi connectivity index (χ1) is 12.8. The largest absolute Gasteiger partial charge is 0.334 e. The molecule has 0 unspecified atom stereocenters. The van der Waals surface area contributed by atoms with E-state index in [9.17, 15) is 14.4 Å². The summed E-state index contributed by atoms with van der Waals surface area (Å²) in [5.41, 5.74) is 0.501. The number of hydrogen-bond donors (Lipinski definition) is 0. The monoisotopic (exact) mass is 370 g/mol. The number of nitrogens with zero attached hydrogens (tertiary/aromatic N) is 4. The summed E-state index contributed by atoms with van der Waals surface area (Å²) in [6.07, 6.45) is 4.30. The van der Waals surface area contributed by atoms with Gasteiger partial charge < -0.3 is 14.4 Å². The molecule has 1 aromatic carbocycles. The fourth-order valence-electron chi connectivity index (χ4n) is 2.61. The number of carbonyl (C=O) groups is 1. The van der Waals surface area contributed by atoms with E-state index >= 15 is 0 Å². The molecule has 2 rings (SSSR count). The van der Waals surface area contributed by atoms with Crippen molar-refractivity contribution in [2.24, 2.45) is 14.1 Å². The Hall–Kier alpha value is -2.93. The van der Waals surface area contributed by atoms with E-state index in [0.717, 1.165) is 16.7 Å². The van der Waals surface area contributed by atoms with Crippen LogP contribution in [0.25, 0.3) is 6.08 Å². The van der Waals surface area contributed by atoms with Crippen LogP contribution in [-0.4, -0.2) is 52.0 Å². The minimum atomic E-state index is -0.426. The molecule has 0 N–H and O–H groups in total. The molecule has 1 amide bonds. The smallest absolute Gasteiger partial charge is 0.330 e. The third-order valence-electron chi connectivity index (χ3n) is 4.22. The molecule has 0 radical (unpaired) electrons. The number of hydrogen-bond acceptors (Lipinski definition) is 4. The number of likely N-dealkylation sites (N-methyl/N-ethyl adjacent to an activating group) is 1. The molecule has 0 spiro atoms. The molecule has 0 saturated carbocycles. The third kappa shape index (κ3) is 5.52. The molecule has 0 aliphatic carbocycles. The second-order valence-corrected chi connectivity index (χ2v) is 6.72. The summed E-state index contributed by atoms with van der Waals surface area (Å²) in [5.74, 6) is -0.184. The van der Waals surface area contributed by atoms with Crippen molar-refractivity contribution in [3.05, 3.63) is 74.6 Å². The van der Waals surface area contributed by atoms with Crippen molar-refractivity contribution in [3.8, 4) is 0 Å². The Kier molecular flexibility index (Phi) is 6.90. The van der Waals surface area contributed by atoms with Gasteiger partial charge in [-0.2, -0.15) is 0 Å². The molecule has 0 aliphatic heterocycles. The van der Waals surface area contributed by atoms with Crippen molar-refractivity contribution in [3.63, 3.8) is 0 Å². The predicted octanol–water partition coefficient (Wildman–Crippen LogP) is 0.688. The zero-order valence-electron chi connectivity index (χ0n) is 16.3. The van der Waals surface area contributed by atoms with E-state index in [2.05, 4.69) is 0 Å². The van der Waals surface area contributed by atoms with Crippen LogP contribution in [0.1, 0.15) is 11.1 Å². The van der Waals surface area contributed by atoms with Crippen molar-refractivity contribution in [2.45, 2.75) is 6.54 Å². The molecule has 7 nitrogen and oxygen atoms in total. The Morgan fingerprint density at radius 1 is 1.07 bits per heavy atom. The van der Waals surface area contributed by atoms with Crippen LogP contribution in [0.2, 0.25) is 0 Å². The lowest BCUT2D eigenvalue weighted by Crippen LogP contribution is -2.37. The molecule has 1 aromatic heterocycles. The first-order valence-corrected chi connectivity index (χ1v) is 8.72. The van der Waals surface area contributed by atoms with Gasteiger partial charge in [0.15, 0.2) is 0 Å². The Morgan fingerprint density at radius 3 is 2.37 bits per heavy atom. The SMILES string of the molecule is CN(C)CCN(Cc1ccccc1)C(=O)/C=C/c1cn(C)c(=O)n(C)c1=O. The molecule has 0 atom stereocenters. The van der Waals surface area contributed by atoms with Crippen LogP contribution in [0.3, 0.4) is 0 Å². The summed E-state index contributed by atoms with van der Waals surface area (Å²) in [5, 5.41) is 0.